The number of nitrogens with one attached hydrogen (secondary N) is 1. The van der Waals surface area contributed by atoms with Gasteiger partial charge in [-0.3, -0.25) is 0 Å². The Balaban J connectivity index is 1.89. The fourth-order valence-corrected chi connectivity index (χ4v) is 2.44. The van der Waals surface area contributed by atoms with E-state index in [4.69, 9.17) is 10.5 Å². The number of amides is 1. The minimum absolute atomic E-state index is 0.212. The number of anilines is 2. The number of carbonyl (C=O) groups excluding carboxylic acids is 1. The number of rotatable bonds is 4. The maximum atomic E-state index is 12.0. The summed E-state index contributed by atoms with van der Waals surface area (Å²) in [5.41, 5.74) is 7.61. The SMILES string of the molecule is CC(C)COC(=O)N1CCCC(Nc2ccccc2N)C1. The Labute approximate surface area is 126 Å². The molecule has 1 aromatic carbocycles. The first kappa shape index (κ1) is 15.5. The van der Waals surface area contributed by atoms with Crippen LogP contribution < -0.4 is 11.1 Å². The zero-order valence-corrected chi connectivity index (χ0v) is 12.8. The van der Waals surface area contributed by atoms with Gasteiger partial charge in [0.2, 0.25) is 0 Å². The quantitative estimate of drug-likeness (QED) is 0.837. The molecule has 2 rings (SSSR count). The fraction of sp³-hybridized carbons (Fsp3) is 0.562. The molecule has 5 nitrogen and oxygen atoms in total. The lowest BCUT2D eigenvalue weighted by molar-refractivity contribution is 0.0838. The van der Waals surface area contributed by atoms with Crippen molar-refractivity contribution in [2.24, 2.45) is 5.92 Å². The summed E-state index contributed by atoms with van der Waals surface area (Å²) in [5, 5.41) is 3.42. The van der Waals surface area contributed by atoms with E-state index in [2.05, 4.69) is 5.32 Å². The lowest BCUT2D eigenvalue weighted by Crippen LogP contribution is -2.45. The van der Waals surface area contributed by atoms with E-state index >= 15 is 0 Å². The highest BCUT2D eigenvalue weighted by Gasteiger charge is 2.25. The third-order valence-electron chi connectivity index (χ3n) is 3.54. The van der Waals surface area contributed by atoms with Crippen molar-refractivity contribution in [1.82, 2.24) is 4.90 Å². The first-order chi connectivity index (χ1) is 10.1. The van der Waals surface area contributed by atoms with Gasteiger partial charge in [-0.05, 0) is 30.9 Å². The number of piperidine rings is 1. The van der Waals surface area contributed by atoms with Crippen molar-refractivity contribution in [2.45, 2.75) is 32.7 Å². The second kappa shape index (κ2) is 7.20. The molecule has 0 aliphatic carbocycles. The van der Waals surface area contributed by atoms with E-state index in [1.165, 1.54) is 0 Å². The summed E-state index contributed by atoms with van der Waals surface area (Å²) in [5.74, 6) is 0.358. The van der Waals surface area contributed by atoms with Crippen LogP contribution in [0.2, 0.25) is 0 Å². The molecule has 116 valence electrons. The van der Waals surface area contributed by atoms with Gasteiger partial charge in [-0.15, -0.1) is 0 Å². The van der Waals surface area contributed by atoms with Crippen LogP contribution in [0.4, 0.5) is 16.2 Å². The minimum Gasteiger partial charge on any atom is -0.449 e. The average molecular weight is 291 g/mol. The van der Waals surface area contributed by atoms with Gasteiger partial charge < -0.3 is 20.7 Å². The maximum absolute atomic E-state index is 12.0. The van der Waals surface area contributed by atoms with Gasteiger partial charge in [0.15, 0.2) is 0 Å². The largest absolute Gasteiger partial charge is 0.449 e. The summed E-state index contributed by atoms with van der Waals surface area (Å²) in [6.07, 6.45) is 1.79. The van der Waals surface area contributed by atoms with Crippen LogP contribution in [0.25, 0.3) is 0 Å². The van der Waals surface area contributed by atoms with Crippen LogP contribution in [-0.2, 0) is 4.74 Å². The van der Waals surface area contributed by atoms with Crippen LogP contribution >= 0.6 is 0 Å². The molecule has 3 N–H and O–H groups in total. The Morgan fingerprint density at radius 1 is 1.48 bits per heavy atom. The second-order valence-corrected chi connectivity index (χ2v) is 5.99. The number of ether oxygens (including phenoxy) is 1. The molecule has 1 aliphatic rings. The minimum atomic E-state index is -0.212. The van der Waals surface area contributed by atoms with Gasteiger partial charge in [-0.2, -0.15) is 0 Å². The van der Waals surface area contributed by atoms with Crippen molar-refractivity contribution in [2.75, 3.05) is 30.7 Å². The molecule has 0 bridgehead atoms. The van der Waals surface area contributed by atoms with Gasteiger partial charge >= 0.3 is 6.09 Å². The Kier molecular flexibility index (Phi) is 5.31. The highest BCUT2D eigenvalue weighted by Crippen LogP contribution is 2.21. The second-order valence-electron chi connectivity index (χ2n) is 5.99. The lowest BCUT2D eigenvalue weighted by atomic mass is 10.1. The number of carbonyl (C=O) groups is 1. The number of benzene rings is 1. The monoisotopic (exact) mass is 291 g/mol. The molecule has 1 fully saturated rings. The van der Waals surface area contributed by atoms with Gasteiger partial charge in [0.1, 0.15) is 0 Å². The van der Waals surface area contributed by atoms with E-state index in [9.17, 15) is 4.79 Å². The van der Waals surface area contributed by atoms with Gasteiger partial charge in [0, 0.05) is 19.1 Å². The number of hydrogen-bond donors (Lipinski definition) is 2. The third-order valence-corrected chi connectivity index (χ3v) is 3.54. The predicted octanol–water partition coefficient (Wildman–Crippen LogP) is 2.94. The zero-order chi connectivity index (χ0) is 15.2. The van der Waals surface area contributed by atoms with Crippen molar-refractivity contribution >= 4 is 17.5 Å². The lowest BCUT2D eigenvalue weighted by Gasteiger charge is -2.33. The molecular formula is C16H25N3O2. The average Bonchev–Trinajstić information content (AvgIpc) is 2.47. The van der Waals surface area contributed by atoms with E-state index in [1.807, 2.05) is 38.1 Å². The molecule has 1 saturated heterocycles. The van der Waals surface area contributed by atoms with E-state index < -0.39 is 0 Å². The van der Waals surface area contributed by atoms with Crippen LogP contribution in [0.15, 0.2) is 24.3 Å². The smallest absolute Gasteiger partial charge is 0.409 e. The van der Waals surface area contributed by atoms with Crippen LogP contribution in [0.1, 0.15) is 26.7 Å². The molecule has 0 spiro atoms. The van der Waals surface area contributed by atoms with E-state index in [-0.39, 0.29) is 12.1 Å². The molecular weight excluding hydrogens is 266 g/mol. The first-order valence-corrected chi connectivity index (χ1v) is 7.59. The number of likely N-dealkylation sites (tertiary alicyclic amines) is 1. The first-order valence-electron chi connectivity index (χ1n) is 7.59. The molecule has 0 saturated carbocycles. The standard InChI is InChI=1S/C16H25N3O2/c1-12(2)11-21-16(20)19-9-5-6-13(10-19)18-15-8-4-3-7-14(15)17/h3-4,7-8,12-13,18H,5-6,9-11,17H2,1-2H3. The fourth-order valence-electron chi connectivity index (χ4n) is 2.44. The predicted molar refractivity (Wildman–Crippen MR) is 85.3 cm³/mol. The Morgan fingerprint density at radius 3 is 2.95 bits per heavy atom. The van der Waals surface area contributed by atoms with Gasteiger partial charge in [-0.1, -0.05) is 26.0 Å². The van der Waals surface area contributed by atoms with Crippen molar-refractivity contribution < 1.29 is 9.53 Å². The van der Waals surface area contributed by atoms with E-state index in [1.54, 1.807) is 4.90 Å². The number of nitrogen functional groups attached to an aromatic ring is 1. The van der Waals surface area contributed by atoms with Gasteiger partial charge in [0.05, 0.1) is 18.0 Å². The number of para-hydroxylation sites is 2. The third kappa shape index (κ3) is 4.55. The molecule has 1 aliphatic heterocycles. The molecule has 0 aromatic heterocycles. The van der Waals surface area contributed by atoms with Crippen molar-refractivity contribution in [1.29, 1.82) is 0 Å². The summed E-state index contributed by atoms with van der Waals surface area (Å²) < 4.78 is 5.30. The molecule has 1 amide bonds. The summed E-state index contributed by atoms with van der Waals surface area (Å²) >= 11 is 0. The number of nitrogens with zero attached hydrogens (tertiary/aromatic N) is 1. The van der Waals surface area contributed by atoms with E-state index in [0.717, 1.165) is 30.8 Å². The van der Waals surface area contributed by atoms with Gasteiger partial charge in [-0.25, -0.2) is 4.79 Å². The van der Waals surface area contributed by atoms with E-state index in [0.29, 0.717) is 19.1 Å². The summed E-state index contributed by atoms with van der Waals surface area (Å²) in [7, 11) is 0. The Bertz CT molecular complexity index is 476. The number of hydrogen-bond acceptors (Lipinski definition) is 4. The zero-order valence-electron chi connectivity index (χ0n) is 12.8. The van der Waals surface area contributed by atoms with Crippen molar-refractivity contribution in [3.63, 3.8) is 0 Å². The highest BCUT2D eigenvalue weighted by molar-refractivity contribution is 5.69. The maximum Gasteiger partial charge on any atom is 0.409 e. The van der Waals surface area contributed by atoms with Crippen LogP contribution in [0.5, 0.6) is 0 Å². The molecule has 0 radical (unpaired) electrons. The Morgan fingerprint density at radius 2 is 2.24 bits per heavy atom. The van der Waals surface area contributed by atoms with Gasteiger partial charge in [0.25, 0.3) is 0 Å². The summed E-state index contributed by atoms with van der Waals surface area (Å²) in [4.78, 5) is 13.8. The highest BCUT2D eigenvalue weighted by atomic mass is 16.6. The normalized spacial score (nSPS) is 18.6. The molecule has 1 unspecified atom stereocenters. The van der Waals surface area contributed by atoms with Crippen LogP contribution in [0, 0.1) is 5.92 Å². The number of nitrogens with two attached hydrogens (primary N) is 1. The molecule has 5 heteroatoms. The van der Waals surface area contributed by atoms with Crippen molar-refractivity contribution in [3.8, 4) is 0 Å². The Hall–Kier alpha value is -1.91. The molecule has 1 atom stereocenters. The van der Waals surface area contributed by atoms with Crippen molar-refractivity contribution in [3.05, 3.63) is 24.3 Å². The molecule has 21 heavy (non-hydrogen) atoms. The molecule has 1 aromatic rings. The summed E-state index contributed by atoms with van der Waals surface area (Å²) in [6.45, 7) is 5.96. The summed E-state index contributed by atoms with van der Waals surface area (Å²) in [6, 6.07) is 7.92. The van der Waals surface area contributed by atoms with Crippen LogP contribution in [0.3, 0.4) is 0 Å². The topological polar surface area (TPSA) is 67.6 Å². The van der Waals surface area contributed by atoms with Crippen LogP contribution in [-0.4, -0.2) is 36.7 Å². The molecule has 1 heterocycles.